The molecule has 4 nitrogen and oxygen atoms in total. The molecule has 2 heterocycles. The lowest BCUT2D eigenvalue weighted by atomic mass is 9.91. The van der Waals surface area contributed by atoms with Gasteiger partial charge in [0.15, 0.2) is 0 Å². The van der Waals surface area contributed by atoms with Crippen molar-refractivity contribution in [2.75, 3.05) is 19.6 Å². The summed E-state index contributed by atoms with van der Waals surface area (Å²) >= 11 is 0. The van der Waals surface area contributed by atoms with Gasteiger partial charge in [0.05, 0.1) is 0 Å². The summed E-state index contributed by atoms with van der Waals surface area (Å²) < 4.78 is 0. The second kappa shape index (κ2) is 8.24. The first-order valence-electron chi connectivity index (χ1n) is 10.2. The number of amides is 2. The lowest BCUT2D eigenvalue weighted by Crippen LogP contribution is -2.49. The maximum absolute atomic E-state index is 13.0. The lowest BCUT2D eigenvalue weighted by Gasteiger charge is -2.39. The molecule has 2 amide bonds. The number of carbonyl (C=O) groups excluding carboxylic acids is 2. The van der Waals surface area contributed by atoms with E-state index in [1.54, 1.807) is 0 Å². The number of piperidine rings is 2. The number of aryl methyl sites for hydroxylation is 2. The second-order valence-corrected chi connectivity index (χ2v) is 7.95. The fourth-order valence-electron chi connectivity index (χ4n) is 4.34. The van der Waals surface area contributed by atoms with Crippen LogP contribution in [0, 0.1) is 19.8 Å². The Morgan fingerprint density at radius 2 is 1.73 bits per heavy atom. The number of rotatable bonds is 3. The largest absolute Gasteiger partial charge is 0.339 e. The highest BCUT2D eigenvalue weighted by Crippen LogP contribution is 2.26. The number of hydrogen-bond acceptors (Lipinski definition) is 2. The molecule has 2 aliphatic rings. The van der Waals surface area contributed by atoms with E-state index in [9.17, 15) is 9.59 Å². The normalized spacial score (nSPS) is 21.7. The molecule has 0 aromatic heterocycles. The number of benzene rings is 1. The van der Waals surface area contributed by atoms with Gasteiger partial charge in [0, 0.05) is 37.2 Å². The zero-order chi connectivity index (χ0) is 18.7. The van der Waals surface area contributed by atoms with Crippen LogP contribution in [0.4, 0.5) is 0 Å². The third kappa shape index (κ3) is 3.94. The highest BCUT2D eigenvalue weighted by molar-refractivity contribution is 5.94. The molecule has 0 spiro atoms. The van der Waals surface area contributed by atoms with Crippen molar-refractivity contribution in [1.29, 1.82) is 0 Å². The maximum atomic E-state index is 13.0. The van der Waals surface area contributed by atoms with Gasteiger partial charge in [0.1, 0.15) is 0 Å². The summed E-state index contributed by atoms with van der Waals surface area (Å²) in [6, 6.07) is 6.34. The van der Waals surface area contributed by atoms with Crippen LogP contribution in [0.1, 0.15) is 66.9 Å². The first-order valence-corrected chi connectivity index (χ1v) is 10.2. The van der Waals surface area contributed by atoms with E-state index in [2.05, 4.69) is 18.7 Å². The minimum atomic E-state index is 0.0888. The van der Waals surface area contributed by atoms with Gasteiger partial charge < -0.3 is 9.80 Å². The summed E-state index contributed by atoms with van der Waals surface area (Å²) in [5, 5.41) is 0. The van der Waals surface area contributed by atoms with Crippen LogP contribution in [0.2, 0.25) is 0 Å². The van der Waals surface area contributed by atoms with Gasteiger partial charge in [0.25, 0.3) is 5.91 Å². The van der Waals surface area contributed by atoms with Crippen molar-refractivity contribution in [3.8, 4) is 0 Å². The van der Waals surface area contributed by atoms with Crippen molar-refractivity contribution < 1.29 is 9.59 Å². The predicted molar refractivity (Wildman–Crippen MR) is 104 cm³/mol. The van der Waals surface area contributed by atoms with E-state index in [4.69, 9.17) is 0 Å². The van der Waals surface area contributed by atoms with Crippen LogP contribution in [0.5, 0.6) is 0 Å². The molecule has 4 heteroatoms. The average Bonchev–Trinajstić information content (AvgIpc) is 2.69. The molecule has 0 bridgehead atoms. The van der Waals surface area contributed by atoms with Crippen LogP contribution in [0.15, 0.2) is 18.2 Å². The Morgan fingerprint density at radius 1 is 1.00 bits per heavy atom. The standard InChI is InChI=1S/C22H32N2O2/c1-4-20-7-5-6-12-24(20)22(26)18-10-13-23(14-11-18)21(25)19-9-8-16(2)17(3)15-19/h8-9,15,18,20H,4-7,10-14H2,1-3H3. The van der Waals surface area contributed by atoms with Crippen LogP contribution < -0.4 is 0 Å². The third-order valence-electron chi connectivity index (χ3n) is 6.27. The Bertz CT molecular complexity index is 662. The fraction of sp³-hybridized carbons (Fsp3) is 0.636. The molecule has 0 aliphatic carbocycles. The molecule has 1 unspecified atom stereocenters. The van der Waals surface area contributed by atoms with Crippen molar-refractivity contribution in [1.82, 2.24) is 9.80 Å². The minimum Gasteiger partial charge on any atom is -0.339 e. The zero-order valence-electron chi connectivity index (χ0n) is 16.5. The maximum Gasteiger partial charge on any atom is 0.253 e. The molecular formula is C22H32N2O2. The Morgan fingerprint density at radius 3 is 2.38 bits per heavy atom. The van der Waals surface area contributed by atoms with Crippen LogP contribution in [0.25, 0.3) is 0 Å². The van der Waals surface area contributed by atoms with Gasteiger partial charge in [-0.15, -0.1) is 0 Å². The molecule has 2 aliphatic heterocycles. The number of likely N-dealkylation sites (tertiary alicyclic amines) is 2. The molecular weight excluding hydrogens is 324 g/mol. The van der Waals surface area contributed by atoms with Crippen molar-refractivity contribution in [2.45, 2.75) is 65.3 Å². The van der Waals surface area contributed by atoms with Crippen LogP contribution in [0.3, 0.4) is 0 Å². The van der Waals surface area contributed by atoms with E-state index in [1.165, 1.54) is 12.0 Å². The molecule has 2 fully saturated rings. The van der Waals surface area contributed by atoms with E-state index in [1.807, 2.05) is 30.0 Å². The van der Waals surface area contributed by atoms with Crippen molar-refractivity contribution in [3.05, 3.63) is 34.9 Å². The summed E-state index contributed by atoms with van der Waals surface area (Å²) in [4.78, 5) is 29.8. The van der Waals surface area contributed by atoms with E-state index < -0.39 is 0 Å². The first-order chi connectivity index (χ1) is 12.5. The molecule has 26 heavy (non-hydrogen) atoms. The van der Waals surface area contributed by atoms with Gasteiger partial charge in [-0.3, -0.25) is 9.59 Å². The minimum absolute atomic E-state index is 0.0888. The summed E-state index contributed by atoms with van der Waals surface area (Å²) in [5.74, 6) is 0.518. The second-order valence-electron chi connectivity index (χ2n) is 7.95. The Labute approximate surface area is 157 Å². The smallest absolute Gasteiger partial charge is 0.253 e. The molecule has 3 rings (SSSR count). The van der Waals surface area contributed by atoms with E-state index in [-0.39, 0.29) is 11.8 Å². The lowest BCUT2D eigenvalue weighted by molar-refractivity contribution is -0.140. The number of hydrogen-bond donors (Lipinski definition) is 0. The quantitative estimate of drug-likeness (QED) is 0.823. The van der Waals surface area contributed by atoms with Crippen molar-refractivity contribution in [2.24, 2.45) is 5.92 Å². The molecule has 0 radical (unpaired) electrons. The van der Waals surface area contributed by atoms with Crippen LogP contribution in [-0.4, -0.2) is 47.3 Å². The van der Waals surface area contributed by atoms with Gasteiger partial charge in [-0.05, 0) is 75.6 Å². The predicted octanol–water partition coefficient (Wildman–Crippen LogP) is 3.95. The molecule has 1 aromatic carbocycles. The monoisotopic (exact) mass is 356 g/mol. The van der Waals surface area contributed by atoms with Gasteiger partial charge in [0.2, 0.25) is 5.91 Å². The highest BCUT2D eigenvalue weighted by Gasteiger charge is 2.33. The van der Waals surface area contributed by atoms with E-state index >= 15 is 0 Å². The summed E-state index contributed by atoms with van der Waals surface area (Å²) in [6.07, 6.45) is 6.16. The summed E-state index contributed by atoms with van der Waals surface area (Å²) in [7, 11) is 0. The number of carbonyl (C=O) groups is 2. The van der Waals surface area contributed by atoms with Crippen molar-refractivity contribution >= 4 is 11.8 Å². The first kappa shape index (κ1) is 18.9. The van der Waals surface area contributed by atoms with Gasteiger partial charge in [-0.1, -0.05) is 13.0 Å². The Kier molecular flexibility index (Phi) is 6.00. The van der Waals surface area contributed by atoms with Crippen LogP contribution >= 0.6 is 0 Å². The van der Waals surface area contributed by atoms with E-state index in [0.29, 0.717) is 25.0 Å². The molecule has 1 atom stereocenters. The molecule has 1 aromatic rings. The van der Waals surface area contributed by atoms with Gasteiger partial charge >= 0.3 is 0 Å². The number of nitrogens with zero attached hydrogens (tertiary/aromatic N) is 2. The summed E-state index contributed by atoms with van der Waals surface area (Å²) in [5.41, 5.74) is 3.12. The summed E-state index contributed by atoms with van der Waals surface area (Å²) in [6.45, 7) is 8.57. The highest BCUT2D eigenvalue weighted by atomic mass is 16.2. The average molecular weight is 357 g/mol. The molecule has 2 saturated heterocycles. The topological polar surface area (TPSA) is 40.6 Å². The van der Waals surface area contributed by atoms with Crippen molar-refractivity contribution in [3.63, 3.8) is 0 Å². The molecule has 142 valence electrons. The van der Waals surface area contributed by atoms with Crippen LogP contribution in [-0.2, 0) is 4.79 Å². The van der Waals surface area contributed by atoms with Gasteiger partial charge in [-0.2, -0.15) is 0 Å². The third-order valence-corrected chi connectivity index (χ3v) is 6.27. The Balaban J connectivity index is 1.59. The molecule has 0 N–H and O–H groups in total. The van der Waals surface area contributed by atoms with Gasteiger partial charge in [-0.25, -0.2) is 0 Å². The SMILES string of the molecule is CCC1CCCCN1C(=O)C1CCN(C(=O)c2ccc(C)c(C)c2)CC1. The molecule has 0 saturated carbocycles. The van der Waals surface area contributed by atoms with E-state index in [0.717, 1.165) is 49.8 Å². The zero-order valence-corrected chi connectivity index (χ0v) is 16.5. The fourth-order valence-corrected chi connectivity index (χ4v) is 4.34. The Hall–Kier alpha value is -1.84.